The van der Waals surface area contributed by atoms with Gasteiger partial charge in [0, 0.05) is 24.8 Å². The van der Waals surface area contributed by atoms with Gasteiger partial charge < -0.3 is 9.47 Å². The van der Waals surface area contributed by atoms with Gasteiger partial charge in [0.25, 0.3) is 0 Å². The van der Waals surface area contributed by atoms with Crippen molar-refractivity contribution in [2.75, 3.05) is 0 Å². The van der Waals surface area contributed by atoms with Gasteiger partial charge in [-0.2, -0.15) is 0 Å². The number of carbonyl (C=O) groups is 2. The molecule has 36 heavy (non-hydrogen) atoms. The Morgan fingerprint density at radius 2 is 1.03 bits per heavy atom. The molecule has 0 spiro atoms. The SMILES string of the molecule is O=C(c1ccccc1)[C@]1(Cc2ccccc2)OC(=O)[C@@]2(Cc3ccccc3)O[C@@]12Cc1ccccc1. The number of Topliss-reactive ketones (excluding diaryl/α,β-unsaturated/α-hetero) is 1. The molecule has 0 bridgehead atoms. The van der Waals surface area contributed by atoms with Crippen molar-refractivity contribution in [3.63, 3.8) is 0 Å². The van der Waals surface area contributed by atoms with Crippen LogP contribution in [0.15, 0.2) is 121 Å². The van der Waals surface area contributed by atoms with Crippen molar-refractivity contribution in [3.8, 4) is 0 Å². The zero-order valence-corrected chi connectivity index (χ0v) is 19.8. The summed E-state index contributed by atoms with van der Waals surface area (Å²) in [6, 6.07) is 38.5. The molecule has 4 aromatic rings. The van der Waals surface area contributed by atoms with Crippen LogP contribution in [-0.2, 0) is 33.5 Å². The fraction of sp³-hybridized carbons (Fsp3) is 0.188. The predicted molar refractivity (Wildman–Crippen MR) is 137 cm³/mol. The topological polar surface area (TPSA) is 55.9 Å². The van der Waals surface area contributed by atoms with E-state index in [0.29, 0.717) is 18.4 Å². The highest BCUT2D eigenvalue weighted by Gasteiger charge is 2.90. The Bertz CT molecular complexity index is 1390. The molecular formula is C32H26O4. The van der Waals surface area contributed by atoms with Gasteiger partial charge in [0.15, 0.2) is 5.60 Å². The van der Waals surface area contributed by atoms with Gasteiger partial charge in [0.2, 0.25) is 17.0 Å². The molecule has 0 saturated carbocycles. The Hall–Kier alpha value is -4.02. The Balaban J connectivity index is 1.53. The van der Waals surface area contributed by atoms with E-state index in [1.54, 1.807) is 12.1 Å². The summed E-state index contributed by atoms with van der Waals surface area (Å²) < 4.78 is 12.9. The molecule has 6 rings (SSSR count). The van der Waals surface area contributed by atoms with Gasteiger partial charge in [-0.05, 0) is 16.7 Å². The van der Waals surface area contributed by atoms with Crippen LogP contribution in [-0.4, -0.2) is 28.6 Å². The van der Waals surface area contributed by atoms with Crippen molar-refractivity contribution < 1.29 is 19.1 Å². The lowest BCUT2D eigenvalue weighted by molar-refractivity contribution is -0.162. The van der Waals surface area contributed by atoms with Gasteiger partial charge in [0.05, 0.1) is 0 Å². The molecule has 2 saturated heterocycles. The first-order valence-corrected chi connectivity index (χ1v) is 12.2. The van der Waals surface area contributed by atoms with E-state index in [2.05, 4.69) is 0 Å². The van der Waals surface area contributed by atoms with E-state index >= 15 is 0 Å². The van der Waals surface area contributed by atoms with Crippen LogP contribution in [0.25, 0.3) is 0 Å². The van der Waals surface area contributed by atoms with Crippen molar-refractivity contribution in [2.24, 2.45) is 0 Å². The lowest BCUT2D eigenvalue weighted by Crippen LogP contribution is -2.55. The number of hydrogen-bond donors (Lipinski definition) is 0. The molecule has 0 radical (unpaired) electrons. The van der Waals surface area contributed by atoms with Gasteiger partial charge >= 0.3 is 5.97 Å². The summed E-state index contributed by atoms with van der Waals surface area (Å²) in [5, 5.41) is 0. The van der Waals surface area contributed by atoms with Crippen molar-refractivity contribution in [3.05, 3.63) is 144 Å². The van der Waals surface area contributed by atoms with E-state index in [-0.39, 0.29) is 12.2 Å². The smallest absolute Gasteiger partial charge is 0.343 e. The summed E-state index contributed by atoms with van der Waals surface area (Å²) in [7, 11) is 0. The van der Waals surface area contributed by atoms with Crippen molar-refractivity contribution >= 4 is 11.8 Å². The number of cyclic esters (lactones) is 1. The molecule has 2 fully saturated rings. The number of benzene rings is 4. The average Bonchev–Trinajstić information content (AvgIpc) is 3.53. The lowest BCUT2D eigenvalue weighted by Gasteiger charge is -2.34. The Morgan fingerprint density at radius 1 is 0.583 bits per heavy atom. The van der Waals surface area contributed by atoms with Gasteiger partial charge in [-0.1, -0.05) is 121 Å². The number of rotatable bonds is 8. The van der Waals surface area contributed by atoms with Gasteiger partial charge in [-0.25, -0.2) is 4.79 Å². The Labute approximate surface area is 210 Å². The predicted octanol–water partition coefficient (Wildman–Crippen LogP) is 5.40. The maximum absolute atomic E-state index is 14.4. The highest BCUT2D eigenvalue weighted by atomic mass is 16.7. The van der Waals surface area contributed by atoms with Crippen LogP contribution >= 0.6 is 0 Å². The van der Waals surface area contributed by atoms with Crippen LogP contribution < -0.4 is 0 Å². The molecule has 2 aliphatic rings. The normalized spacial score (nSPS) is 26.2. The minimum atomic E-state index is -1.50. The molecule has 2 aliphatic heterocycles. The third-order valence-electron chi connectivity index (χ3n) is 7.50. The first kappa shape index (κ1) is 22.4. The molecule has 4 nitrogen and oxygen atoms in total. The van der Waals surface area contributed by atoms with E-state index in [9.17, 15) is 9.59 Å². The summed E-state index contributed by atoms with van der Waals surface area (Å²) in [5.74, 6) is -0.703. The molecule has 0 amide bonds. The Kier molecular flexibility index (Phi) is 5.35. The van der Waals surface area contributed by atoms with Crippen molar-refractivity contribution in [2.45, 2.75) is 36.1 Å². The summed E-state index contributed by atoms with van der Waals surface area (Å²) in [4.78, 5) is 28.2. The molecule has 3 atom stereocenters. The zero-order valence-electron chi connectivity index (χ0n) is 19.8. The number of epoxide rings is 1. The summed E-state index contributed by atoms with van der Waals surface area (Å²) in [6.45, 7) is 0. The van der Waals surface area contributed by atoms with Crippen LogP contribution in [0.5, 0.6) is 0 Å². The largest absolute Gasteiger partial charge is 0.445 e. The number of ketones is 1. The highest BCUT2D eigenvalue weighted by molar-refractivity contribution is 6.09. The van der Waals surface area contributed by atoms with Crippen LogP contribution in [0.4, 0.5) is 0 Å². The number of hydrogen-bond acceptors (Lipinski definition) is 4. The Morgan fingerprint density at radius 3 is 1.56 bits per heavy atom. The van der Waals surface area contributed by atoms with E-state index in [4.69, 9.17) is 9.47 Å². The third-order valence-corrected chi connectivity index (χ3v) is 7.50. The number of ether oxygens (including phenoxy) is 2. The maximum atomic E-state index is 14.4. The van der Waals surface area contributed by atoms with Crippen molar-refractivity contribution in [1.82, 2.24) is 0 Å². The monoisotopic (exact) mass is 474 g/mol. The van der Waals surface area contributed by atoms with E-state index < -0.39 is 22.8 Å². The standard InChI is InChI=1S/C32H26O4/c33-28(27-19-11-4-12-20-27)30(21-24-13-5-1-6-14-24)32(23-26-17-9-3-10-18-26)31(36-32,29(34)35-30)22-25-15-7-2-8-16-25/h1-20H,21-23H2/t30-,31+,32-/m0/s1. The molecule has 4 aromatic carbocycles. The molecule has 2 heterocycles. The zero-order chi connectivity index (χ0) is 24.6. The van der Waals surface area contributed by atoms with Gasteiger partial charge in [0.1, 0.15) is 0 Å². The molecule has 4 heteroatoms. The average molecular weight is 475 g/mol. The van der Waals surface area contributed by atoms with E-state index in [1.165, 1.54) is 0 Å². The van der Waals surface area contributed by atoms with E-state index in [1.807, 2.05) is 109 Å². The summed E-state index contributed by atoms with van der Waals surface area (Å²) >= 11 is 0. The fourth-order valence-electron chi connectivity index (χ4n) is 5.74. The van der Waals surface area contributed by atoms with Crippen LogP contribution in [0.2, 0.25) is 0 Å². The molecule has 0 unspecified atom stereocenters. The summed E-state index contributed by atoms with van der Waals surface area (Å²) in [6.07, 6.45) is 0.965. The molecule has 0 aliphatic carbocycles. The second-order valence-corrected chi connectivity index (χ2v) is 9.65. The van der Waals surface area contributed by atoms with E-state index in [0.717, 1.165) is 16.7 Å². The molecule has 0 aromatic heterocycles. The third kappa shape index (κ3) is 3.41. The first-order valence-electron chi connectivity index (χ1n) is 12.2. The van der Waals surface area contributed by atoms with Crippen LogP contribution in [0, 0.1) is 0 Å². The van der Waals surface area contributed by atoms with Crippen molar-refractivity contribution in [1.29, 1.82) is 0 Å². The summed E-state index contributed by atoms with van der Waals surface area (Å²) in [5.41, 5.74) is -0.512. The molecular weight excluding hydrogens is 448 g/mol. The quantitative estimate of drug-likeness (QED) is 0.195. The number of carbonyl (C=O) groups excluding carboxylic acids is 2. The highest BCUT2D eigenvalue weighted by Crippen LogP contribution is 2.66. The maximum Gasteiger partial charge on any atom is 0.343 e. The first-order chi connectivity index (χ1) is 17.6. The molecule has 0 N–H and O–H groups in total. The minimum absolute atomic E-state index is 0.233. The van der Waals surface area contributed by atoms with Crippen LogP contribution in [0.1, 0.15) is 27.0 Å². The van der Waals surface area contributed by atoms with Crippen LogP contribution in [0.3, 0.4) is 0 Å². The fourth-order valence-corrected chi connectivity index (χ4v) is 5.74. The number of esters is 1. The second-order valence-electron chi connectivity index (χ2n) is 9.65. The minimum Gasteiger partial charge on any atom is -0.445 e. The lowest BCUT2D eigenvalue weighted by atomic mass is 9.69. The molecule has 178 valence electrons. The van der Waals surface area contributed by atoms with Gasteiger partial charge in [-0.3, -0.25) is 4.79 Å². The number of fused-ring (bicyclic) bond motifs is 1. The second kappa shape index (κ2) is 8.58. The van der Waals surface area contributed by atoms with Gasteiger partial charge in [-0.15, -0.1) is 0 Å².